The average Bonchev–Trinajstić information content (AvgIpc) is 3.14. The van der Waals surface area contributed by atoms with E-state index in [4.69, 9.17) is 16.3 Å². The van der Waals surface area contributed by atoms with E-state index in [0.29, 0.717) is 24.2 Å². The molecule has 3 heterocycles. The van der Waals surface area contributed by atoms with Crippen molar-refractivity contribution < 1.29 is 22.3 Å². The number of aromatic nitrogens is 3. The Hall–Kier alpha value is -2.39. The zero-order chi connectivity index (χ0) is 20.6. The first-order valence-corrected chi connectivity index (χ1v) is 8.58. The van der Waals surface area contributed by atoms with Crippen molar-refractivity contribution in [2.24, 2.45) is 0 Å². The number of nitrogens with zero attached hydrogens (tertiary/aromatic N) is 3. The third-order valence-electron chi connectivity index (χ3n) is 4.50. The molecule has 1 aromatic carbocycles. The molecule has 2 aromatic heterocycles. The molecular weight excluding hydrogens is 402 g/mol. The number of benzene rings is 1. The van der Waals surface area contributed by atoms with Gasteiger partial charge in [0, 0.05) is 23.8 Å². The normalized spacial score (nSPS) is 18.1. The molecule has 1 unspecified atom stereocenters. The number of alkyl halides is 2. The molecule has 0 radical (unpaired) electrons. The molecular formula is C18H16ClF4N3O2. The van der Waals surface area contributed by atoms with Crippen molar-refractivity contribution in [3.8, 4) is 5.69 Å². The monoisotopic (exact) mass is 417 g/mol. The molecule has 1 aliphatic rings. The average molecular weight is 418 g/mol. The maximum absolute atomic E-state index is 14.9. The van der Waals surface area contributed by atoms with E-state index in [9.17, 15) is 22.4 Å². The minimum atomic E-state index is -1.75. The first-order valence-electron chi connectivity index (χ1n) is 8.21. The summed E-state index contributed by atoms with van der Waals surface area (Å²) in [6, 6.07) is 1.96. The van der Waals surface area contributed by atoms with Crippen LogP contribution in [-0.4, -0.2) is 33.1 Å². The molecule has 0 amide bonds. The summed E-state index contributed by atoms with van der Waals surface area (Å²) >= 11 is 6.14. The van der Waals surface area contributed by atoms with Gasteiger partial charge in [0.1, 0.15) is 5.82 Å². The zero-order valence-corrected chi connectivity index (χ0v) is 15.7. The summed E-state index contributed by atoms with van der Waals surface area (Å²) in [4.78, 5) is 16.5. The Kier molecular flexibility index (Phi) is 5.49. The number of rotatable bonds is 3. The zero-order valence-electron chi connectivity index (χ0n) is 15.0. The van der Waals surface area contributed by atoms with E-state index in [1.165, 1.54) is 12.4 Å². The largest absolute Gasteiger partial charge is 0.370 e. The maximum atomic E-state index is 14.9. The van der Waals surface area contributed by atoms with Crippen molar-refractivity contribution >= 4 is 17.4 Å². The molecule has 0 spiro atoms. The minimum Gasteiger partial charge on any atom is -0.370 e. The summed E-state index contributed by atoms with van der Waals surface area (Å²) in [6.07, 6.45) is 3.09. The van der Waals surface area contributed by atoms with E-state index in [0.717, 1.165) is 21.1 Å². The lowest BCUT2D eigenvalue weighted by atomic mass is 9.95. The van der Waals surface area contributed by atoms with Crippen LogP contribution < -0.4 is 5.56 Å². The fourth-order valence-corrected chi connectivity index (χ4v) is 3.19. The summed E-state index contributed by atoms with van der Waals surface area (Å²) in [7, 11) is 0. The highest BCUT2D eigenvalue weighted by molar-refractivity contribution is 6.31. The Morgan fingerprint density at radius 1 is 1.32 bits per heavy atom. The molecule has 10 heteroatoms. The lowest BCUT2D eigenvalue weighted by Gasteiger charge is -2.19. The van der Waals surface area contributed by atoms with Crippen LogP contribution >= 0.6 is 11.6 Å². The number of hydrogen-bond donors (Lipinski definition) is 0. The Labute approximate surface area is 162 Å². The fourth-order valence-electron chi connectivity index (χ4n) is 2.98. The van der Waals surface area contributed by atoms with Gasteiger partial charge < -0.3 is 4.74 Å². The Morgan fingerprint density at radius 2 is 1.96 bits per heavy atom. The maximum Gasteiger partial charge on any atom is 0.262 e. The highest BCUT2D eigenvalue weighted by Gasteiger charge is 2.41. The number of hydrogen-bond acceptors (Lipinski definition) is 3. The molecule has 0 saturated carbocycles. The van der Waals surface area contributed by atoms with E-state index in [1.54, 1.807) is 6.92 Å². The second kappa shape index (κ2) is 7.56. The van der Waals surface area contributed by atoms with Crippen molar-refractivity contribution in [3.05, 3.63) is 62.8 Å². The van der Waals surface area contributed by atoms with Crippen molar-refractivity contribution in [1.82, 2.24) is 14.0 Å². The lowest BCUT2D eigenvalue weighted by molar-refractivity contribution is 0.295. The number of ether oxygens (including phenoxy) is 1. The van der Waals surface area contributed by atoms with Gasteiger partial charge in [-0.05, 0) is 31.0 Å². The SMILES string of the molecule is Cc1c(Cl)cc(F)c(-n2c(=O)cc(F)n3ccnc23)c1CC1(C)CO1.FCF. The van der Waals surface area contributed by atoms with Crippen LogP contribution in [0.3, 0.4) is 0 Å². The molecule has 1 aliphatic heterocycles. The highest BCUT2D eigenvalue weighted by Crippen LogP contribution is 2.37. The second-order valence-electron chi connectivity index (χ2n) is 6.55. The summed E-state index contributed by atoms with van der Waals surface area (Å²) in [5.41, 5.74) is 0.0884. The van der Waals surface area contributed by atoms with Crippen molar-refractivity contribution in [2.75, 3.05) is 13.5 Å². The van der Waals surface area contributed by atoms with Gasteiger partial charge in [0.25, 0.3) is 5.56 Å². The molecule has 1 saturated heterocycles. The standard InChI is InChI=1S/C17H14ClF2N3O2.CH2F2/c1-9-10(7-17(2)8-25-17)15(12(19)5-11(9)18)23-14(24)6-13(20)22-4-3-21-16(22)23;2-1-3/h3-6H,7-8H2,1-2H3;1H2. The summed E-state index contributed by atoms with van der Waals surface area (Å²) in [5, 5.41) is 0.259. The van der Waals surface area contributed by atoms with Crippen LogP contribution in [0.4, 0.5) is 17.6 Å². The number of epoxide rings is 1. The molecule has 28 heavy (non-hydrogen) atoms. The van der Waals surface area contributed by atoms with Crippen LogP contribution in [0.1, 0.15) is 18.1 Å². The van der Waals surface area contributed by atoms with Crippen molar-refractivity contribution in [1.29, 1.82) is 0 Å². The van der Waals surface area contributed by atoms with Gasteiger partial charge >= 0.3 is 0 Å². The van der Waals surface area contributed by atoms with Gasteiger partial charge in [0.2, 0.25) is 18.7 Å². The first kappa shape index (κ1) is 20.3. The van der Waals surface area contributed by atoms with Crippen LogP contribution in [0, 0.1) is 18.7 Å². The first-order chi connectivity index (χ1) is 13.2. The van der Waals surface area contributed by atoms with Crippen molar-refractivity contribution in [3.63, 3.8) is 0 Å². The molecule has 3 aromatic rings. The van der Waals surface area contributed by atoms with Gasteiger partial charge in [-0.1, -0.05) is 11.6 Å². The van der Waals surface area contributed by atoms with Crippen LogP contribution in [0.5, 0.6) is 0 Å². The third kappa shape index (κ3) is 3.64. The van der Waals surface area contributed by atoms with E-state index in [1.807, 2.05) is 6.92 Å². The van der Waals surface area contributed by atoms with E-state index in [2.05, 4.69) is 4.98 Å². The Balaban J connectivity index is 0.000000706. The van der Waals surface area contributed by atoms with Crippen LogP contribution in [0.2, 0.25) is 5.02 Å². The van der Waals surface area contributed by atoms with Crippen LogP contribution in [0.25, 0.3) is 11.5 Å². The Morgan fingerprint density at radius 3 is 2.57 bits per heavy atom. The van der Waals surface area contributed by atoms with Gasteiger partial charge in [-0.15, -0.1) is 0 Å². The van der Waals surface area contributed by atoms with Gasteiger partial charge in [-0.25, -0.2) is 22.7 Å². The molecule has 1 atom stereocenters. The van der Waals surface area contributed by atoms with Crippen molar-refractivity contribution in [2.45, 2.75) is 25.9 Å². The second-order valence-corrected chi connectivity index (χ2v) is 6.95. The van der Waals surface area contributed by atoms with Gasteiger partial charge in [-0.2, -0.15) is 4.39 Å². The molecule has 4 rings (SSSR count). The molecule has 0 aliphatic carbocycles. The highest BCUT2D eigenvalue weighted by atomic mass is 35.5. The quantitative estimate of drug-likeness (QED) is 0.368. The predicted octanol–water partition coefficient (Wildman–Crippen LogP) is 3.94. The molecule has 150 valence electrons. The van der Waals surface area contributed by atoms with E-state index in [-0.39, 0.29) is 16.5 Å². The number of fused-ring (bicyclic) bond motifs is 1. The molecule has 1 fully saturated rings. The smallest absolute Gasteiger partial charge is 0.262 e. The van der Waals surface area contributed by atoms with Crippen LogP contribution in [-0.2, 0) is 11.2 Å². The Bertz CT molecular complexity index is 1090. The number of imidazole rings is 1. The third-order valence-corrected chi connectivity index (χ3v) is 4.89. The molecule has 0 N–H and O–H groups in total. The topological polar surface area (TPSA) is 51.8 Å². The summed E-state index contributed by atoms with van der Waals surface area (Å²) in [6.45, 7) is 2.44. The fraction of sp³-hybridized carbons (Fsp3) is 0.333. The van der Waals surface area contributed by atoms with Gasteiger partial charge in [-0.3, -0.25) is 9.20 Å². The molecule has 0 bridgehead atoms. The van der Waals surface area contributed by atoms with E-state index >= 15 is 0 Å². The molecule has 5 nitrogen and oxygen atoms in total. The van der Waals surface area contributed by atoms with Crippen LogP contribution in [0.15, 0.2) is 29.3 Å². The minimum absolute atomic E-state index is 0.00580. The summed E-state index contributed by atoms with van der Waals surface area (Å²) in [5.74, 6) is -1.44. The number of halogens is 5. The van der Waals surface area contributed by atoms with Gasteiger partial charge in [0.05, 0.1) is 24.0 Å². The lowest BCUT2D eigenvalue weighted by Crippen LogP contribution is -2.25. The van der Waals surface area contributed by atoms with E-state index < -0.39 is 29.9 Å². The van der Waals surface area contributed by atoms with Gasteiger partial charge in [0.15, 0.2) is 0 Å². The predicted molar refractivity (Wildman–Crippen MR) is 95.6 cm³/mol. The summed E-state index contributed by atoms with van der Waals surface area (Å²) < 4.78 is 55.7.